The zero-order chi connectivity index (χ0) is 9.90. The molecule has 2 amide bonds. The summed E-state index contributed by atoms with van der Waals surface area (Å²) in [5.41, 5.74) is 4.27. The van der Waals surface area contributed by atoms with Gasteiger partial charge in [-0.05, 0) is 19.3 Å². The van der Waals surface area contributed by atoms with E-state index in [-0.39, 0.29) is 6.42 Å². The molecule has 70 valence electrons. The maximum atomic E-state index is 11.0. The van der Waals surface area contributed by atoms with E-state index in [2.05, 4.69) is 5.32 Å². The zero-order valence-electron chi connectivity index (χ0n) is 7.17. The van der Waals surface area contributed by atoms with E-state index < -0.39 is 17.4 Å². The second-order valence-corrected chi connectivity index (χ2v) is 3.18. The van der Waals surface area contributed by atoms with E-state index in [0.717, 1.165) is 6.42 Å². The lowest BCUT2D eigenvalue weighted by atomic mass is 9.76. The summed E-state index contributed by atoms with van der Waals surface area (Å²) in [5.74, 6) is -0.939. The van der Waals surface area contributed by atoms with Crippen LogP contribution in [0.1, 0.15) is 25.7 Å². The molecular formula is C8H11N3O2. The third kappa shape index (κ3) is 1.78. The Bertz CT molecular complexity index is 276. The summed E-state index contributed by atoms with van der Waals surface area (Å²) in [6.45, 7) is 0. The van der Waals surface area contributed by atoms with Crippen molar-refractivity contribution in [2.24, 2.45) is 5.73 Å². The van der Waals surface area contributed by atoms with E-state index in [1.165, 1.54) is 0 Å². The van der Waals surface area contributed by atoms with Crippen molar-refractivity contribution in [2.45, 2.75) is 31.2 Å². The summed E-state index contributed by atoms with van der Waals surface area (Å²) in [6.07, 6.45) is 1.82. The summed E-state index contributed by atoms with van der Waals surface area (Å²) >= 11 is 0. The van der Waals surface area contributed by atoms with E-state index >= 15 is 0 Å². The minimum Gasteiger partial charge on any atom is -0.368 e. The maximum Gasteiger partial charge on any atom is 0.243 e. The predicted octanol–water partition coefficient (Wildman–Crippen LogP) is -0.576. The standard InChI is InChI=1S/C8H11N3O2/c9-5-2-6(12)11-8(7(10)13)3-1-4-8/h1-4H2,(H2,10,13)(H,11,12). The molecule has 0 atom stereocenters. The first-order valence-electron chi connectivity index (χ1n) is 4.08. The van der Waals surface area contributed by atoms with Gasteiger partial charge in [0.2, 0.25) is 11.8 Å². The highest BCUT2D eigenvalue weighted by atomic mass is 16.2. The summed E-state index contributed by atoms with van der Waals surface area (Å²) in [6, 6.07) is 1.71. The molecule has 1 rings (SSSR count). The van der Waals surface area contributed by atoms with Crippen molar-refractivity contribution in [1.82, 2.24) is 5.32 Å². The van der Waals surface area contributed by atoms with Crippen LogP contribution < -0.4 is 11.1 Å². The highest BCUT2D eigenvalue weighted by molar-refractivity contribution is 5.91. The lowest BCUT2D eigenvalue weighted by Gasteiger charge is -2.39. The molecule has 0 aromatic carbocycles. The number of carbonyl (C=O) groups is 2. The Balaban J connectivity index is 2.55. The predicted molar refractivity (Wildman–Crippen MR) is 44.1 cm³/mol. The lowest BCUT2D eigenvalue weighted by Crippen LogP contribution is -2.61. The molecule has 0 aromatic heterocycles. The lowest BCUT2D eigenvalue weighted by molar-refractivity contribution is -0.134. The average molecular weight is 181 g/mol. The number of amides is 2. The van der Waals surface area contributed by atoms with Gasteiger partial charge in [-0.25, -0.2) is 0 Å². The molecule has 3 N–H and O–H groups in total. The van der Waals surface area contributed by atoms with Gasteiger partial charge in [-0.15, -0.1) is 0 Å². The van der Waals surface area contributed by atoms with Crippen molar-refractivity contribution in [1.29, 1.82) is 5.26 Å². The molecule has 0 spiro atoms. The van der Waals surface area contributed by atoms with Gasteiger partial charge < -0.3 is 11.1 Å². The quantitative estimate of drug-likeness (QED) is 0.609. The highest BCUT2D eigenvalue weighted by Crippen LogP contribution is 2.31. The van der Waals surface area contributed by atoms with Gasteiger partial charge in [0.25, 0.3) is 0 Å². The molecule has 5 nitrogen and oxygen atoms in total. The van der Waals surface area contributed by atoms with Crippen LogP contribution in [0.4, 0.5) is 0 Å². The number of nitrogens with one attached hydrogen (secondary N) is 1. The highest BCUT2D eigenvalue weighted by Gasteiger charge is 2.43. The summed E-state index contributed by atoms with van der Waals surface area (Å²) in [7, 11) is 0. The van der Waals surface area contributed by atoms with Gasteiger partial charge >= 0.3 is 0 Å². The number of carbonyl (C=O) groups excluding carboxylic acids is 2. The molecule has 0 heterocycles. The number of hydrogen-bond donors (Lipinski definition) is 2. The van der Waals surface area contributed by atoms with Gasteiger partial charge in [0, 0.05) is 0 Å². The Morgan fingerprint density at radius 3 is 2.46 bits per heavy atom. The largest absolute Gasteiger partial charge is 0.368 e. The number of nitrogens with zero attached hydrogens (tertiary/aromatic N) is 1. The van der Waals surface area contributed by atoms with Crippen molar-refractivity contribution in [3.05, 3.63) is 0 Å². The van der Waals surface area contributed by atoms with E-state index in [9.17, 15) is 9.59 Å². The first-order chi connectivity index (χ1) is 6.10. The fourth-order valence-corrected chi connectivity index (χ4v) is 1.35. The van der Waals surface area contributed by atoms with E-state index in [1.807, 2.05) is 0 Å². The maximum absolute atomic E-state index is 11.0. The van der Waals surface area contributed by atoms with Crippen LogP contribution in [0.2, 0.25) is 0 Å². The van der Waals surface area contributed by atoms with E-state index in [1.54, 1.807) is 6.07 Å². The molecule has 13 heavy (non-hydrogen) atoms. The van der Waals surface area contributed by atoms with Crippen molar-refractivity contribution in [2.75, 3.05) is 0 Å². The fourth-order valence-electron chi connectivity index (χ4n) is 1.35. The Kier molecular flexibility index (Phi) is 2.52. The van der Waals surface area contributed by atoms with E-state index in [0.29, 0.717) is 12.8 Å². The van der Waals surface area contributed by atoms with Crippen LogP contribution in [-0.2, 0) is 9.59 Å². The molecule has 0 unspecified atom stereocenters. The monoisotopic (exact) mass is 181 g/mol. The van der Waals surface area contributed by atoms with Crippen LogP contribution >= 0.6 is 0 Å². The van der Waals surface area contributed by atoms with Crippen molar-refractivity contribution in [3.8, 4) is 6.07 Å². The number of hydrogen-bond acceptors (Lipinski definition) is 3. The second-order valence-electron chi connectivity index (χ2n) is 3.18. The van der Waals surface area contributed by atoms with Gasteiger partial charge in [-0.2, -0.15) is 5.26 Å². The van der Waals surface area contributed by atoms with Crippen LogP contribution in [0.15, 0.2) is 0 Å². The summed E-state index contributed by atoms with van der Waals surface area (Å²) < 4.78 is 0. The second kappa shape index (κ2) is 3.44. The number of nitriles is 1. The average Bonchev–Trinajstić information content (AvgIpc) is 1.96. The molecule has 0 bridgehead atoms. The number of primary amides is 1. The van der Waals surface area contributed by atoms with Crippen molar-refractivity contribution < 1.29 is 9.59 Å². The Morgan fingerprint density at radius 2 is 2.15 bits per heavy atom. The first-order valence-corrected chi connectivity index (χ1v) is 4.08. The third-order valence-corrected chi connectivity index (χ3v) is 2.30. The van der Waals surface area contributed by atoms with E-state index in [4.69, 9.17) is 11.0 Å². The van der Waals surface area contributed by atoms with Gasteiger partial charge in [-0.3, -0.25) is 9.59 Å². The molecule has 1 saturated carbocycles. The minimum atomic E-state index is -0.867. The minimum absolute atomic E-state index is 0.227. The normalized spacial score (nSPS) is 18.1. The Labute approximate surface area is 75.9 Å². The molecule has 5 heteroatoms. The molecule has 0 radical (unpaired) electrons. The van der Waals surface area contributed by atoms with Crippen LogP contribution in [-0.4, -0.2) is 17.4 Å². The molecule has 0 aromatic rings. The number of nitrogens with two attached hydrogens (primary N) is 1. The van der Waals surface area contributed by atoms with Crippen LogP contribution in [0.3, 0.4) is 0 Å². The fraction of sp³-hybridized carbons (Fsp3) is 0.625. The van der Waals surface area contributed by atoms with Gasteiger partial charge in [0.1, 0.15) is 12.0 Å². The van der Waals surface area contributed by atoms with Gasteiger partial charge in [-0.1, -0.05) is 0 Å². The molecule has 1 fully saturated rings. The van der Waals surface area contributed by atoms with Gasteiger partial charge in [0.15, 0.2) is 0 Å². The van der Waals surface area contributed by atoms with Gasteiger partial charge in [0.05, 0.1) is 6.07 Å². The van der Waals surface area contributed by atoms with Crippen LogP contribution in [0.25, 0.3) is 0 Å². The Hall–Kier alpha value is -1.57. The Morgan fingerprint density at radius 1 is 1.54 bits per heavy atom. The van der Waals surface area contributed by atoms with Crippen molar-refractivity contribution >= 4 is 11.8 Å². The third-order valence-electron chi connectivity index (χ3n) is 2.30. The smallest absolute Gasteiger partial charge is 0.243 e. The first kappa shape index (κ1) is 9.52. The topological polar surface area (TPSA) is 96.0 Å². The molecule has 0 saturated heterocycles. The molecule has 1 aliphatic rings. The SMILES string of the molecule is N#CCC(=O)NC1(C(N)=O)CCC1. The molecule has 1 aliphatic carbocycles. The summed E-state index contributed by atoms with van der Waals surface area (Å²) in [4.78, 5) is 22.0. The van der Waals surface area contributed by atoms with Crippen molar-refractivity contribution in [3.63, 3.8) is 0 Å². The zero-order valence-corrected chi connectivity index (χ0v) is 7.17. The number of rotatable bonds is 3. The van der Waals surface area contributed by atoms with Crippen LogP contribution in [0, 0.1) is 11.3 Å². The summed E-state index contributed by atoms with van der Waals surface area (Å²) in [5, 5.41) is 10.7. The molecular weight excluding hydrogens is 170 g/mol. The molecule has 0 aliphatic heterocycles. The van der Waals surface area contributed by atoms with Crippen LogP contribution in [0.5, 0.6) is 0 Å².